The molecule has 0 N–H and O–H groups in total. The van der Waals surface area contributed by atoms with Gasteiger partial charge in [0.1, 0.15) is 0 Å². The van der Waals surface area contributed by atoms with Gasteiger partial charge in [0.25, 0.3) is 0 Å². The number of aryl methyl sites for hydroxylation is 1. The first-order valence-corrected chi connectivity index (χ1v) is 7.57. The molecule has 98 valence electrons. The smallest absolute Gasteiger partial charge is 0.0146 e. The molecule has 0 spiro atoms. The minimum Gasteiger partial charge on any atom is -0.0654 e. The first-order chi connectivity index (χ1) is 9.40. The Kier molecular flexibility index (Phi) is 3.68. The summed E-state index contributed by atoms with van der Waals surface area (Å²) >= 11 is 0. The van der Waals surface area contributed by atoms with Gasteiger partial charge in [-0.05, 0) is 53.9 Å². The fourth-order valence-electron chi connectivity index (χ4n) is 2.86. The SMILES string of the molecule is CCCCc1ccccc1-c1ccccc1C1CC1. The van der Waals surface area contributed by atoms with Crippen LogP contribution in [0.15, 0.2) is 48.5 Å². The van der Waals surface area contributed by atoms with Crippen molar-refractivity contribution in [3.63, 3.8) is 0 Å². The van der Waals surface area contributed by atoms with Crippen LogP contribution in [0, 0.1) is 0 Å². The lowest BCUT2D eigenvalue weighted by Crippen LogP contribution is -1.93. The van der Waals surface area contributed by atoms with Gasteiger partial charge in [-0.2, -0.15) is 0 Å². The van der Waals surface area contributed by atoms with E-state index in [0.29, 0.717) is 0 Å². The van der Waals surface area contributed by atoms with Crippen LogP contribution in [-0.2, 0) is 6.42 Å². The molecule has 0 nitrogen and oxygen atoms in total. The summed E-state index contributed by atoms with van der Waals surface area (Å²) < 4.78 is 0. The second-order valence-electron chi connectivity index (χ2n) is 5.62. The Balaban J connectivity index is 2.01. The molecule has 1 saturated carbocycles. The van der Waals surface area contributed by atoms with Gasteiger partial charge in [-0.1, -0.05) is 61.9 Å². The van der Waals surface area contributed by atoms with Crippen LogP contribution in [0.3, 0.4) is 0 Å². The monoisotopic (exact) mass is 250 g/mol. The predicted octanol–water partition coefficient (Wildman–Crippen LogP) is 5.57. The minimum atomic E-state index is 0.815. The van der Waals surface area contributed by atoms with E-state index in [1.165, 1.54) is 48.8 Å². The maximum atomic E-state index is 2.32. The van der Waals surface area contributed by atoms with E-state index >= 15 is 0 Å². The summed E-state index contributed by atoms with van der Waals surface area (Å²) in [5.41, 5.74) is 6.00. The molecule has 3 rings (SSSR count). The molecular weight excluding hydrogens is 228 g/mol. The summed E-state index contributed by atoms with van der Waals surface area (Å²) in [5, 5.41) is 0. The Morgan fingerprint density at radius 1 is 0.895 bits per heavy atom. The summed E-state index contributed by atoms with van der Waals surface area (Å²) in [7, 11) is 0. The zero-order valence-electron chi connectivity index (χ0n) is 11.7. The van der Waals surface area contributed by atoms with Crippen LogP contribution in [0.1, 0.15) is 49.7 Å². The van der Waals surface area contributed by atoms with Gasteiger partial charge in [0.05, 0.1) is 0 Å². The normalized spacial score (nSPS) is 14.6. The lowest BCUT2D eigenvalue weighted by molar-refractivity contribution is 0.796. The molecule has 0 aromatic heterocycles. The average Bonchev–Trinajstić information content (AvgIpc) is 3.30. The molecule has 0 saturated heterocycles. The van der Waals surface area contributed by atoms with Crippen molar-refractivity contribution < 1.29 is 0 Å². The second-order valence-corrected chi connectivity index (χ2v) is 5.62. The van der Waals surface area contributed by atoms with Gasteiger partial charge in [0.2, 0.25) is 0 Å². The van der Waals surface area contributed by atoms with E-state index in [9.17, 15) is 0 Å². The molecule has 0 aliphatic heterocycles. The van der Waals surface area contributed by atoms with Crippen molar-refractivity contribution in [2.45, 2.75) is 44.9 Å². The van der Waals surface area contributed by atoms with Gasteiger partial charge >= 0.3 is 0 Å². The molecule has 0 heterocycles. The van der Waals surface area contributed by atoms with E-state index in [4.69, 9.17) is 0 Å². The summed E-state index contributed by atoms with van der Waals surface area (Å²) in [4.78, 5) is 0. The number of unbranched alkanes of at least 4 members (excludes halogenated alkanes) is 1. The standard InChI is InChI=1S/C19H22/c1-2-3-8-15-9-4-5-10-17(15)19-12-7-6-11-18(19)16-13-14-16/h4-7,9-12,16H,2-3,8,13-14H2,1H3. The molecule has 0 amide bonds. The maximum absolute atomic E-state index is 2.32. The molecule has 1 aliphatic carbocycles. The Labute approximate surface area is 116 Å². The zero-order valence-corrected chi connectivity index (χ0v) is 11.7. The molecule has 1 aliphatic rings. The third kappa shape index (κ3) is 2.73. The highest BCUT2D eigenvalue weighted by Crippen LogP contribution is 2.44. The third-order valence-corrected chi connectivity index (χ3v) is 4.09. The Hall–Kier alpha value is -1.56. The Morgan fingerprint density at radius 2 is 1.58 bits per heavy atom. The lowest BCUT2D eigenvalue weighted by atomic mass is 9.91. The van der Waals surface area contributed by atoms with Gasteiger partial charge in [0.15, 0.2) is 0 Å². The summed E-state index contributed by atoms with van der Waals surface area (Å²) in [6, 6.07) is 17.9. The molecule has 19 heavy (non-hydrogen) atoms. The Morgan fingerprint density at radius 3 is 2.32 bits per heavy atom. The molecule has 1 fully saturated rings. The number of hydrogen-bond acceptors (Lipinski definition) is 0. The number of benzene rings is 2. The zero-order chi connectivity index (χ0) is 13.1. The van der Waals surface area contributed by atoms with Crippen molar-refractivity contribution >= 4 is 0 Å². The van der Waals surface area contributed by atoms with E-state index in [-0.39, 0.29) is 0 Å². The molecule has 0 bridgehead atoms. The maximum Gasteiger partial charge on any atom is -0.0146 e. The average molecular weight is 250 g/mol. The highest BCUT2D eigenvalue weighted by Gasteiger charge is 2.26. The molecule has 0 unspecified atom stereocenters. The highest BCUT2D eigenvalue weighted by molar-refractivity contribution is 5.71. The summed E-state index contributed by atoms with van der Waals surface area (Å²) in [5.74, 6) is 0.815. The fourth-order valence-corrected chi connectivity index (χ4v) is 2.86. The molecule has 2 aromatic carbocycles. The van der Waals surface area contributed by atoms with E-state index in [0.717, 1.165) is 5.92 Å². The van der Waals surface area contributed by atoms with Gasteiger partial charge in [-0.25, -0.2) is 0 Å². The van der Waals surface area contributed by atoms with E-state index < -0.39 is 0 Å². The molecular formula is C19H22. The topological polar surface area (TPSA) is 0 Å². The lowest BCUT2D eigenvalue weighted by Gasteiger charge is -2.13. The van der Waals surface area contributed by atoms with Gasteiger partial charge < -0.3 is 0 Å². The summed E-state index contributed by atoms with van der Waals surface area (Å²) in [6.07, 6.45) is 6.48. The third-order valence-electron chi connectivity index (χ3n) is 4.09. The first-order valence-electron chi connectivity index (χ1n) is 7.57. The first kappa shape index (κ1) is 12.5. The predicted molar refractivity (Wildman–Crippen MR) is 82.5 cm³/mol. The molecule has 2 aromatic rings. The van der Waals surface area contributed by atoms with Crippen molar-refractivity contribution in [2.24, 2.45) is 0 Å². The van der Waals surface area contributed by atoms with Crippen LogP contribution in [0.25, 0.3) is 11.1 Å². The Bertz CT molecular complexity index is 549. The fraction of sp³-hybridized carbons (Fsp3) is 0.368. The van der Waals surface area contributed by atoms with Crippen LogP contribution < -0.4 is 0 Å². The van der Waals surface area contributed by atoms with Gasteiger partial charge in [-0.15, -0.1) is 0 Å². The van der Waals surface area contributed by atoms with Crippen molar-refractivity contribution in [1.29, 1.82) is 0 Å². The van der Waals surface area contributed by atoms with Crippen LogP contribution in [-0.4, -0.2) is 0 Å². The van der Waals surface area contributed by atoms with Crippen molar-refractivity contribution in [3.8, 4) is 11.1 Å². The number of hydrogen-bond donors (Lipinski definition) is 0. The van der Waals surface area contributed by atoms with E-state index in [2.05, 4.69) is 55.5 Å². The molecule has 0 atom stereocenters. The van der Waals surface area contributed by atoms with Crippen molar-refractivity contribution in [2.75, 3.05) is 0 Å². The van der Waals surface area contributed by atoms with Crippen molar-refractivity contribution in [1.82, 2.24) is 0 Å². The van der Waals surface area contributed by atoms with Crippen LogP contribution >= 0.6 is 0 Å². The van der Waals surface area contributed by atoms with Crippen LogP contribution in [0.2, 0.25) is 0 Å². The van der Waals surface area contributed by atoms with Crippen molar-refractivity contribution in [3.05, 3.63) is 59.7 Å². The molecule has 0 heteroatoms. The van der Waals surface area contributed by atoms with Crippen LogP contribution in [0.4, 0.5) is 0 Å². The number of rotatable bonds is 5. The van der Waals surface area contributed by atoms with Gasteiger partial charge in [-0.3, -0.25) is 0 Å². The van der Waals surface area contributed by atoms with Gasteiger partial charge in [0, 0.05) is 0 Å². The minimum absolute atomic E-state index is 0.815. The second kappa shape index (κ2) is 5.61. The van der Waals surface area contributed by atoms with E-state index in [1.807, 2.05) is 0 Å². The van der Waals surface area contributed by atoms with E-state index in [1.54, 1.807) is 5.56 Å². The largest absolute Gasteiger partial charge is 0.0654 e. The molecule has 0 radical (unpaired) electrons. The highest BCUT2D eigenvalue weighted by atomic mass is 14.3. The quantitative estimate of drug-likeness (QED) is 0.650. The summed E-state index contributed by atoms with van der Waals surface area (Å²) in [6.45, 7) is 2.26. The van der Waals surface area contributed by atoms with Crippen LogP contribution in [0.5, 0.6) is 0 Å².